The molecular formula is C9H12. The highest BCUT2D eigenvalue weighted by Crippen LogP contribution is 2.36. The molecule has 2 aliphatic rings. The summed E-state index contributed by atoms with van der Waals surface area (Å²) in [4.78, 5) is 0. The lowest BCUT2D eigenvalue weighted by Gasteiger charge is -1.95. The normalized spacial score (nSPS) is 24.7. The molecule has 0 nitrogen and oxygen atoms in total. The van der Waals surface area contributed by atoms with E-state index >= 15 is 0 Å². The van der Waals surface area contributed by atoms with Crippen molar-refractivity contribution in [2.45, 2.75) is 25.7 Å². The minimum Gasteiger partial charge on any atom is -0.0805 e. The molecule has 0 N–H and O–H groups in total. The quantitative estimate of drug-likeness (QED) is 0.525. The third-order valence-corrected chi connectivity index (χ3v) is 2.10. The summed E-state index contributed by atoms with van der Waals surface area (Å²) >= 11 is 0. The van der Waals surface area contributed by atoms with Crippen molar-refractivity contribution in [1.82, 2.24) is 0 Å². The second-order valence-corrected chi connectivity index (χ2v) is 3.10. The molecule has 0 bridgehead atoms. The Morgan fingerprint density at radius 3 is 2.89 bits per heavy atom. The summed E-state index contributed by atoms with van der Waals surface area (Å²) in [5.74, 6) is 1.07. The highest BCUT2D eigenvalue weighted by Gasteiger charge is 2.22. The Balaban J connectivity index is 1.85. The van der Waals surface area contributed by atoms with Crippen molar-refractivity contribution in [3.8, 4) is 0 Å². The van der Waals surface area contributed by atoms with Crippen molar-refractivity contribution >= 4 is 0 Å². The summed E-state index contributed by atoms with van der Waals surface area (Å²) < 4.78 is 0. The van der Waals surface area contributed by atoms with Crippen LogP contribution in [0.5, 0.6) is 0 Å². The first-order valence-electron chi connectivity index (χ1n) is 3.80. The Kier molecular flexibility index (Phi) is 1.18. The average Bonchev–Trinajstić information content (AvgIpc) is 2.46. The van der Waals surface area contributed by atoms with Gasteiger partial charge in [-0.3, -0.25) is 0 Å². The fraction of sp³-hybridized carbons (Fsp3) is 0.556. The van der Waals surface area contributed by atoms with Gasteiger partial charge in [-0.1, -0.05) is 23.8 Å². The van der Waals surface area contributed by atoms with Gasteiger partial charge in [0.1, 0.15) is 0 Å². The molecule has 0 aromatic carbocycles. The summed E-state index contributed by atoms with van der Waals surface area (Å²) in [5, 5.41) is 0. The van der Waals surface area contributed by atoms with Crippen molar-refractivity contribution in [2.75, 3.05) is 0 Å². The predicted molar refractivity (Wildman–Crippen MR) is 39.2 cm³/mol. The summed E-state index contributed by atoms with van der Waals surface area (Å²) in [6.07, 6.45) is 12.3. The van der Waals surface area contributed by atoms with E-state index in [1.807, 2.05) is 0 Å². The predicted octanol–water partition coefficient (Wildman–Crippen LogP) is 2.67. The lowest BCUT2D eigenvalue weighted by molar-refractivity contribution is 0.807. The molecule has 0 aromatic rings. The van der Waals surface area contributed by atoms with Crippen molar-refractivity contribution in [2.24, 2.45) is 5.92 Å². The number of allylic oxidation sites excluding steroid dienone is 4. The first-order valence-corrected chi connectivity index (χ1v) is 3.80. The zero-order valence-corrected chi connectivity index (χ0v) is 5.64. The molecule has 1 fully saturated rings. The molecule has 0 aromatic heterocycles. The highest BCUT2D eigenvalue weighted by molar-refractivity contribution is 5.23. The molecule has 2 aliphatic carbocycles. The Hall–Kier alpha value is -0.520. The summed E-state index contributed by atoms with van der Waals surface area (Å²) in [6.45, 7) is 0. The van der Waals surface area contributed by atoms with Crippen LogP contribution in [0.3, 0.4) is 0 Å². The second kappa shape index (κ2) is 2.02. The van der Waals surface area contributed by atoms with Crippen LogP contribution in [-0.2, 0) is 0 Å². The fourth-order valence-corrected chi connectivity index (χ4v) is 1.34. The van der Waals surface area contributed by atoms with Gasteiger partial charge in [-0.2, -0.15) is 0 Å². The van der Waals surface area contributed by atoms with Crippen LogP contribution in [0.1, 0.15) is 25.7 Å². The van der Waals surface area contributed by atoms with E-state index in [1.54, 1.807) is 5.57 Å². The third-order valence-electron chi connectivity index (χ3n) is 2.10. The minimum atomic E-state index is 1.07. The molecular weight excluding hydrogens is 108 g/mol. The van der Waals surface area contributed by atoms with Crippen LogP contribution in [0.15, 0.2) is 23.8 Å². The van der Waals surface area contributed by atoms with Gasteiger partial charge in [-0.05, 0) is 31.6 Å². The van der Waals surface area contributed by atoms with Gasteiger partial charge in [0.2, 0.25) is 0 Å². The van der Waals surface area contributed by atoms with Gasteiger partial charge in [-0.15, -0.1) is 0 Å². The molecule has 0 heterocycles. The van der Waals surface area contributed by atoms with E-state index in [4.69, 9.17) is 0 Å². The largest absolute Gasteiger partial charge is 0.0805 e. The lowest BCUT2D eigenvalue weighted by atomic mass is 10.1. The van der Waals surface area contributed by atoms with Crippen molar-refractivity contribution < 1.29 is 0 Å². The van der Waals surface area contributed by atoms with Crippen LogP contribution >= 0.6 is 0 Å². The molecule has 9 heavy (non-hydrogen) atoms. The fourth-order valence-electron chi connectivity index (χ4n) is 1.34. The maximum absolute atomic E-state index is 2.28. The molecule has 0 radical (unpaired) electrons. The molecule has 0 aliphatic heterocycles. The Bertz CT molecular complexity index is 159. The van der Waals surface area contributed by atoms with Crippen molar-refractivity contribution in [1.29, 1.82) is 0 Å². The van der Waals surface area contributed by atoms with E-state index in [9.17, 15) is 0 Å². The first kappa shape index (κ1) is 5.28. The van der Waals surface area contributed by atoms with Gasteiger partial charge in [0.25, 0.3) is 0 Å². The number of rotatable bonds is 2. The van der Waals surface area contributed by atoms with E-state index in [0.717, 1.165) is 5.92 Å². The highest BCUT2D eigenvalue weighted by atomic mass is 14.3. The van der Waals surface area contributed by atoms with E-state index in [-0.39, 0.29) is 0 Å². The maximum Gasteiger partial charge on any atom is -0.0132 e. The van der Waals surface area contributed by atoms with E-state index in [1.165, 1.54) is 25.7 Å². The molecule has 0 amide bonds. The van der Waals surface area contributed by atoms with Gasteiger partial charge in [0.15, 0.2) is 0 Å². The first-order chi connectivity index (χ1) is 4.45. The van der Waals surface area contributed by atoms with Crippen LogP contribution in [-0.4, -0.2) is 0 Å². The average molecular weight is 120 g/mol. The van der Waals surface area contributed by atoms with Gasteiger partial charge in [0.05, 0.1) is 0 Å². The Morgan fingerprint density at radius 2 is 2.33 bits per heavy atom. The number of hydrogen-bond donors (Lipinski definition) is 0. The zero-order chi connectivity index (χ0) is 6.10. The van der Waals surface area contributed by atoms with Gasteiger partial charge >= 0.3 is 0 Å². The second-order valence-electron chi connectivity index (χ2n) is 3.10. The van der Waals surface area contributed by atoms with Crippen LogP contribution in [0.25, 0.3) is 0 Å². The molecule has 0 saturated heterocycles. The molecule has 0 spiro atoms. The zero-order valence-electron chi connectivity index (χ0n) is 5.64. The van der Waals surface area contributed by atoms with Crippen LogP contribution < -0.4 is 0 Å². The summed E-state index contributed by atoms with van der Waals surface area (Å²) in [6, 6.07) is 0. The van der Waals surface area contributed by atoms with Crippen molar-refractivity contribution in [3.63, 3.8) is 0 Å². The Labute approximate surface area is 56.3 Å². The van der Waals surface area contributed by atoms with Crippen molar-refractivity contribution in [3.05, 3.63) is 23.8 Å². The minimum absolute atomic E-state index is 1.07. The van der Waals surface area contributed by atoms with Gasteiger partial charge < -0.3 is 0 Å². The summed E-state index contributed by atoms with van der Waals surface area (Å²) in [7, 11) is 0. The monoisotopic (exact) mass is 120 g/mol. The van der Waals surface area contributed by atoms with E-state index < -0.39 is 0 Å². The molecule has 48 valence electrons. The standard InChI is InChI=1S/C9H12/c1-2-4-8(3-1)7-9-5-6-9/h1-3,9H,4-7H2. The smallest absolute Gasteiger partial charge is 0.0132 e. The maximum atomic E-state index is 2.28. The van der Waals surface area contributed by atoms with Crippen LogP contribution in [0.2, 0.25) is 0 Å². The Morgan fingerprint density at radius 1 is 1.44 bits per heavy atom. The van der Waals surface area contributed by atoms with Gasteiger partial charge in [0, 0.05) is 0 Å². The lowest BCUT2D eigenvalue weighted by Crippen LogP contribution is -1.79. The topological polar surface area (TPSA) is 0 Å². The molecule has 0 heteroatoms. The van der Waals surface area contributed by atoms with E-state index in [2.05, 4.69) is 18.2 Å². The van der Waals surface area contributed by atoms with E-state index in [0.29, 0.717) is 0 Å². The third kappa shape index (κ3) is 1.24. The summed E-state index contributed by atoms with van der Waals surface area (Å²) in [5.41, 5.74) is 1.65. The molecule has 1 saturated carbocycles. The van der Waals surface area contributed by atoms with Crippen LogP contribution in [0.4, 0.5) is 0 Å². The van der Waals surface area contributed by atoms with Gasteiger partial charge in [-0.25, -0.2) is 0 Å². The van der Waals surface area contributed by atoms with Crippen LogP contribution in [0, 0.1) is 5.92 Å². The molecule has 2 rings (SSSR count). The number of hydrogen-bond acceptors (Lipinski definition) is 0. The molecule has 0 atom stereocenters. The SMILES string of the molecule is C1=CCC(CC2CC2)=C1. The molecule has 0 unspecified atom stereocenters.